The molecule has 0 atom stereocenters. The summed E-state index contributed by atoms with van der Waals surface area (Å²) in [6.45, 7) is 7.06. The fourth-order valence-electron chi connectivity index (χ4n) is 2.45. The van der Waals surface area contributed by atoms with Crippen molar-refractivity contribution >= 4 is 11.8 Å². The molecule has 5 nitrogen and oxygen atoms in total. The Balaban J connectivity index is 2.20. The maximum atomic E-state index is 12.9. The van der Waals surface area contributed by atoms with Crippen LogP contribution in [0.2, 0.25) is 0 Å². The first-order valence-electron chi connectivity index (χ1n) is 8.62. The average molecular weight is 339 g/mol. The van der Waals surface area contributed by atoms with Gasteiger partial charge in [0.25, 0.3) is 11.8 Å². The Kier molecular flexibility index (Phi) is 6.69. The second-order valence-corrected chi connectivity index (χ2v) is 6.20. The van der Waals surface area contributed by atoms with Crippen molar-refractivity contribution in [2.75, 3.05) is 6.54 Å². The molecule has 0 saturated heterocycles. The molecule has 0 spiro atoms. The number of hydrogen-bond acceptors (Lipinski definition) is 3. The number of carbonyl (C=O) groups is 2. The molecule has 1 aromatic heterocycles. The number of amides is 2. The van der Waals surface area contributed by atoms with Crippen molar-refractivity contribution in [2.24, 2.45) is 0 Å². The van der Waals surface area contributed by atoms with Crippen LogP contribution in [0, 0.1) is 0 Å². The van der Waals surface area contributed by atoms with E-state index < -0.39 is 0 Å². The molecule has 1 heterocycles. The second-order valence-electron chi connectivity index (χ2n) is 6.20. The molecule has 1 N–H and O–H groups in total. The number of hydrogen-bond donors (Lipinski definition) is 1. The van der Waals surface area contributed by atoms with E-state index in [2.05, 4.69) is 10.3 Å². The zero-order valence-electron chi connectivity index (χ0n) is 15.0. The van der Waals surface area contributed by atoms with Crippen molar-refractivity contribution in [1.82, 2.24) is 15.2 Å². The van der Waals surface area contributed by atoms with Crippen LogP contribution in [0.3, 0.4) is 0 Å². The monoisotopic (exact) mass is 339 g/mol. The van der Waals surface area contributed by atoms with E-state index in [0.29, 0.717) is 18.7 Å². The summed E-state index contributed by atoms with van der Waals surface area (Å²) in [5.74, 6) is -0.360. The largest absolute Gasteiger partial charge is 0.351 e. The summed E-state index contributed by atoms with van der Waals surface area (Å²) in [7, 11) is 0. The zero-order chi connectivity index (χ0) is 18.2. The molecule has 0 saturated carbocycles. The molecule has 5 heteroatoms. The highest BCUT2D eigenvalue weighted by atomic mass is 16.2. The minimum Gasteiger partial charge on any atom is -0.351 e. The molecule has 0 unspecified atom stereocenters. The molecule has 25 heavy (non-hydrogen) atoms. The first kappa shape index (κ1) is 18.6. The Hall–Kier alpha value is -2.69. The molecular formula is C20H25N3O2. The lowest BCUT2D eigenvalue weighted by atomic mass is 10.1. The van der Waals surface area contributed by atoms with Gasteiger partial charge in [0.2, 0.25) is 0 Å². The third-order valence-corrected chi connectivity index (χ3v) is 3.86. The van der Waals surface area contributed by atoms with Gasteiger partial charge in [-0.2, -0.15) is 0 Å². The van der Waals surface area contributed by atoms with Gasteiger partial charge in [-0.3, -0.25) is 14.6 Å². The average Bonchev–Trinajstić information content (AvgIpc) is 2.64. The number of nitrogens with zero attached hydrogens (tertiary/aromatic N) is 2. The summed E-state index contributed by atoms with van der Waals surface area (Å²) in [5, 5.41) is 2.78. The van der Waals surface area contributed by atoms with Crippen LogP contribution < -0.4 is 5.32 Å². The van der Waals surface area contributed by atoms with E-state index in [0.717, 1.165) is 12.0 Å². The maximum absolute atomic E-state index is 12.9. The smallest absolute Gasteiger partial charge is 0.269 e. The van der Waals surface area contributed by atoms with Gasteiger partial charge >= 0.3 is 0 Å². The molecule has 2 amide bonds. The standard InChI is InChI=1S/C20H25N3O2/c1-4-11-22-19(24)18-13-17(10-12-21-18)20(25)23(15(2)3)14-16-8-6-5-7-9-16/h5-10,12-13,15H,4,11,14H2,1-3H3,(H,22,24). The number of aromatic nitrogens is 1. The highest BCUT2D eigenvalue weighted by Gasteiger charge is 2.20. The lowest BCUT2D eigenvalue weighted by Crippen LogP contribution is -2.36. The number of rotatable bonds is 7. The van der Waals surface area contributed by atoms with Gasteiger partial charge in [-0.15, -0.1) is 0 Å². The first-order valence-corrected chi connectivity index (χ1v) is 8.62. The summed E-state index contributed by atoms with van der Waals surface area (Å²) in [4.78, 5) is 30.9. The lowest BCUT2D eigenvalue weighted by molar-refractivity contribution is 0.0690. The van der Waals surface area contributed by atoms with E-state index in [9.17, 15) is 9.59 Å². The Labute approximate surface area is 149 Å². The molecule has 0 bridgehead atoms. The number of pyridine rings is 1. The van der Waals surface area contributed by atoms with Crippen molar-refractivity contribution < 1.29 is 9.59 Å². The van der Waals surface area contributed by atoms with Crippen LogP contribution in [0.1, 0.15) is 53.6 Å². The van der Waals surface area contributed by atoms with Crippen LogP contribution in [0.15, 0.2) is 48.7 Å². The lowest BCUT2D eigenvalue weighted by Gasteiger charge is -2.27. The van der Waals surface area contributed by atoms with Gasteiger partial charge in [0, 0.05) is 30.9 Å². The van der Waals surface area contributed by atoms with Crippen LogP contribution >= 0.6 is 0 Å². The zero-order valence-corrected chi connectivity index (χ0v) is 15.0. The molecule has 2 rings (SSSR count). The summed E-state index contributed by atoms with van der Waals surface area (Å²) in [6.07, 6.45) is 2.36. The summed E-state index contributed by atoms with van der Waals surface area (Å²) < 4.78 is 0. The fraction of sp³-hybridized carbons (Fsp3) is 0.350. The third kappa shape index (κ3) is 5.14. The summed E-state index contributed by atoms with van der Waals surface area (Å²) in [6, 6.07) is 13.1. The van der Waals surface area contributed by atoms with Crippen molar-refractivity contribution in [3.63, 3.8) is 0 Å². The van der Waals surface area contributed by atoms with Crippen molar-refractivity contribution in [3.05, 3.63) is 65.5 Å². The number of carbonyl (C=O) groups excluding carboxylic acids is 2. The van der Waals surface area contributed by atoms with E-state index in [4.69, 9.17) is 0 Å². The Morgan fingerprint density at radius 2 is 1.88 bits per heavy atom. The molecule has 0 radical (unpaired) electrons. The second kappa shape index (κ2) is 8.97. The van der Waals surface area contributed by atoms with Gasteiger partial charge in [-0.25, -0.2) is 0 Å². The van der Waals surface area contributed by atoms with Gasteiger partial charge < -0.3 is 10.2 Å². The SMILES string of the molecule is CCCNC(=O)c1cc(C(=O)N(Cc2ccccc2)C(C)C)ccn1. The molecule has 132 valence electrons. The van der Waals surface area contributed by atoms with Crippen LogP contribution in [-0.2, 0) is 6.54 Å². The van der Waals surface area contributed by atoms with Crippen molar-refractivity contribution in [1.29, 1.82) is 0 Å². The van der Waals surface area contributed by atoms with Gasteiger partial charge in [-0.1, -0.05) is 37.3 Å². The number of nitrogens with one attached hydrogen (secondary N) is 1. The van der Waals surface area contributed by atoms with Gasteiger partial charge in [-0.05, 0) is 38.0 Å². The highest BCUT2D eigenvalue weighted by molar-refractivity contribution is 5.98. The minimum atomic E-state index is -0.254. The molecule has 0 aliphatic carbocycles. The third-order valence-electron chi connectivity index (χ3n) is 3.86. The van der Waals surface area contributed by atoms with E-state index in [-0.39, 0.29) is 23.6 Å². The molecule has 0 fully saturated rings. The van der Waals surface area contributed by atoms with E-state index in [1.165, 1.54) is 6.20 Å². The predicted octanol–water partition coefficient (Wildman–Crippen LogP) is 3.27. The predicted molar refractivity (Wildman–Crippen MR) is 98.3 cm³/mol. The Morgan fingerprint density at radius 1 is 1.16 bits per heavy atom. The first-order chi connectivity index (χ1) is 12.0. The van der Waals surface area contributed by atoms with Gasteiger partial charge in [0.1, 0.15) is 5.69 Å². The molecule has 2 aromatic rings. The van der Waals surface area contributed by atoms with Gasteiger partial charge in [0.15, 0.2) is 0 Å². The maximum Gasteiger partial charge on any atom is 0.269 e. The van der Waals surface area contributed by atoms with Crippen LogP contribution in [0.4, 0.5) is 0 Å². The number of benzene rings is 1. The van der Waals surface area contributed by atoms with Crippen LogP contribution in [0.5, 0.6) is 0 Å². The van der Waals surface area contributed by atoms with E-state index in [1.54, 1.807) is 17.0 Å². The van der Waals surface area contributed by atoms with E-state index >= 15 is 0 Å². The molecule has 0 aliphatic rings. The van der Waals surface area contributed by atoms with Gasteiger partial charge in [0.05, 0.1) is 0 Å². The quantitative estimate of drug-likeness (QED) is 0.842. The van der Waals surface area contributed by atoms with Crippen LogP contribution in [0.25, 0.3) is 0 Å². The molecule has 0 aliphatic heterocycles. The summed E-state index contributed by atoms with van der Waals surface area (Å²) >= 11 is 0. The highest BCUT2D eigenvalue weighted by Crippen LogP contribution is 2.14. The molecule has 1 aromatic carbocycles. The van der Waals surface area contributed by atoms with E-state index in [1.807, 2.05) is 51.1 Å². The van der Waals surface area contributed by atoms with Crippen LogP contribution in [-0.4, -0.2) is 34.3 Å². The Morgan fingerprint density at radius 3 is 2.52 bits per heavy atom. The fourth-order valence-corrected chi connectivity index (χ4v) is 2.45. The Bertz CT molecular complexity index is 714. The van der Waals surface area contributed by atoms with Crippen molar-refractivity contribution in [2.45, 2.75) is 39.8 Å². The normalized spacial score (nSPS) is 10.6. The molecular weight excluding hydrogens is 314 g/mol. The topological polar surface area (TPSA) is 62.3 Å². The van der Waals surface area contributed by atoms with Crippen molar-refractivity contribution in [3.8, 4) is 0 Å². The minimum absolute atomic E-state index is 0.0400. The summed E-state index contributed by atoms with van der Waals surface area (Å²) in [5.41, 5.74) is 1.81.